The average molecular weight is 414 g/mol. The first kappa shape index (κ1) is 19.6. The largest absolute Gasteiger partial charge is 0.437 e. The van der Waals surface area contributed by atoms with Gasteiger partial charge in [-0.25, -0.2) is 4.21 Å². The highest BCUT2D eigenvalue weighted by Gasteiger charge is 2.37. The summed E-state index contributed by atoms with van der Waals surface area (Å²) in [7, 11) is -1.60. The van der Waals surface area contributed by atoms with Crippen LogP contribution in [0.4, 0.5) is 0 Å². The number of nitrogens with two attached hydrogens (primary N) is 1. The average Bonchev–Trinajstić information content (AvgIpc) is 2.79. The van der Waals surface area contributed by atoms with Crippen LogP contribution in [0.2, 0.25) is 0 Å². The van der Waals surface area contributed by atoms with Gasteiger partial charge in [-0.2, -0.15) is 5.26 Å². The molecular formula is C24H19N3O2S. The van der Waals surface area contributed by atoms with Crippen molar-refractivity contribution in [2.45, 2.75) is 17.7 Å². The van der Waals surface area contributed by atoms with Crippen molar-refractivity contribution < 1.29 is 8.95 Å². The first-order valence-electron chi connectivity index (χ1n) is 9.36. The van der Waals surface area contributed by atoms with Crippen LogP contribution in [0.15, 0.2) is 100 Å². The third kappa shape index (κ3) is 3.63. The summed E-state index contributed by atoms with van der Waals surface area (Å²) >= 11 is 0. The van der Waals surface area contributed by atoms with Crippen LogP contribution in [0, 0.1) is 18.3 Å². The molecule has 0 fully saturated rings. The van der Waals surface area contributed by atoms with Crippen LogP contribution in [0.3, 0.4) is 0 Å². The maximum absolute atomic E-state index is 13.8. The number of benzene rings is 2. The summed E-state index contributed by atoms with van der Waals surface area (Å²) < 4.78 is 19.7. The van der Waals surface area contributed by atoms with Gasteiger partial charge in [-0.15, -0.1) is 0 Å². The third-order valence-electron chi connectivity index (χ3n) is 4.84. The molecule has 4 rings (SSSR count). The molecule has 148 valence electrons. The Morgan fingerprint density at radius 3 is 2.37 bits per heavy atom. The van der Waals surface area contributed by atoms with E-state index in [9.17, 15) is 9.47 Å². The fourth-order valence-electron chi connectivity index (χ4n) is 3.36. The van der Waals surface area contributed by atoms with Gasteiger partial charge in [0.15, 0.2) is 5.76 Å². The Morgan fingerprint density at radius 1 is 1.03 bits per heavy atom. The Kier molecular flexibility index (Phi) is 5.46. The lowest BCUT2D eigenvalue weighted by Crippen LogP contribution is -2.23. The highest BCUT2D eigenvalue weighted by atomic mass is 32.2. The molecule has 0 saturated carbocycles. The van der Waals surface area contributed by atoms with Gasteiger partial charge in [-0.05, 0) is 36.8 Å². The molecule has 0 saturated heterocycles. The molecule has 5 nitrogen and oxygen atoms in total. The molecule has 0 spiro atoms. The lowest BCUT2D eigenvalue weighted by atomic mass is 9.89. The van der Waals surface area contributed by atoms with E-state index in [-0.39, 0.29) is 11.5 Å². The molecule has 0 radical (unpaired) electrons. The summed E-state index contributed by atoms with van der Waals surface area (Å²) in [5.41, 5.74) is 8.76. The number of hydrogen-bond donors (Lipinski definition) is 1. The zero-order valence-electron chi connectivity index (χ0n) is 16.3. The van der Waals surface area contributed by atoms with Crippen molar-refractivity contribution in [2.75, 3.05) is 0 Å². The highest BCUT2D eigenvalue weighted by Crippen LogP contribution is 2.44. The third-order valence-corrected chi connectivity index (χ3v) is 6.36. The van der Waals surface area contributed by atoms with Gasteiger partial charge < -0.3 is 10.5 Å². The Bertz CT molecular complexity index is 1190. The van der Waals surface area contributed by atoms with Gasteiger partial charge in [0.2, 0.25) is 5.88 Å². The molecule has 1 aliphatic rings. The number of aromatic nitrogens is 1. The predicted molar refractivity (Wildman–Crippen MR) is 116 cm³/mol. The van der Waals surface area contributed by atoms with Crippen LogP contribution in [-0.4, -0.2) is 9.19 Å². The minimum absolute atomic E-state index is 0.00309. The maximum Gasteiger partial charge on any atom is 0.205 e. The van der Waals surface area contributed by atoms with E-state index in [1.165, 1.54) is 0 Å². The van der Waals surface area contributed by atoms with E-state index in [1.54, 1.807) is 18.3 Å². The molecule has 2 heterocycles. The Labute approximate surface area is 177 Å². The number of pyridine rings is 1. The number of nitriles is 1. The van der Waals surface area contributed by atoms with Crippen molar-refractivity contribution in [3.05, 3.63) is 112 Å². The van der Waals surface area contributed by atoms with Crippen molar-refractivity contribution >= 4 is 16.6 Å². The highest BCUT2D eigenvalue weighted by molar-refractivity contribution is 7.89. The minimum Gasteiger partial charge on any atom is -0.437 e. The topological polar surface area (TPSA) is 89.0 Å². The standard InChI is InChI=1S/C24H19N3O2S/c1-16-10-12-18(13-11-16)30(28)23-21(17-7-3-2-4-8-17)19(15-25)24(26)29-22(23)20-9-5-6-14-27-20/h2-14,21H,26H2,1H3/t21-,30+/m1/s1. The Morgan fingerprint density at radius 2 is 1.73 bits per heavy atom. The quantitative estimate of drug-likeness (QED) is 0.686. The number of nitrogens with zero attached hydrogens (tertiary/aromatic N) is 2. The van der Waals surface area contributed by atoms with Crippen molar-refractivity contribution in [3.63, 3.8) is 0 Å². The van der Waals surface area contributed by atoms with Gasteiger partial charge in [0.25, 0.3) is 0 Å². The zero-order chi connectivity index (χ0) is 21.1. The van der Waals surface area contributed by atoms with Gasteiger partial charge in [0, 0.05) is 11.1 Å². The number of rotatable bonds is 4. The van der Waals surface area contributed by atoms with E-state index in [0.29, 0.717) is 21.3 Å². The zero-order valence-corrected chi connectivity index (χ0v) is 17.1. The summed E-state index contributed by atoms with van der Waals surface area (Å²) in [4.78, 5) is 5.45. The summed E-state index contributed by atoms with van der Waals surface area (Å²) in [6.07, 6.45) is 1.63. The predicted octanol–water partition coefficient (Wildman–Crippen LogP) is 4.37. The number of allylic oxidation sites excluding steroid dienone is 2. The SMILES string of the molecule is Cc1ccc([S@](=O)C2=C(c3ccccn3)OC(N)=C(C#N)[C@H]2c2ccccc2)cc1. The van der Waals surface area contributed by atoms with Crippen LogP contribution in [0.25, 0.3) is 5.76 Å². The summed E-state index contributed by atoms with van der Waals surface area (Å²) in [6.45, 7) is 1.97. The fraction of sp³-hybridized carbons (Fsp3) is 0.0833. The van der Waals surface area contributed by atoms with Gasteiger partial charge >= 0.3 is 0 Å². The van der Waals surface area contributed by atoms with Crippen molar-refractivity contribution in [3.8, 4) is 6.07 Å². The van der Waals surface area contributed by atoms with Crippen molar-refractivity contribution in [2.24, 2.45) is 5.73 Å². The molecule has 1 aliphatic heterocycles. The first-order valence-corrected chi connectivity index (χ1v) is 10.5. The second-order valence-corrected chi connectivity index (χ2v) is 8.27. The molecule has 2 atom stereocenters. The molecule has 1 aromatic heterocycles. The normalized spacial score (nSPS) is 17.3. The van der Waals surface area contributed by atoms with Gasteiger partial charge in [-0.3, -0.25) is 4.98 Å². The molecular weight excluding hydrogens is 394 g/mol. The first-order chi connectivity index (χ1) is 14.6. The molecule has 0 aliphatic carbocycles. The van der Waals surface area contributed by atoms with E-state index in [4.69, 9.17) is 10.5 Å². The van der Waals surface area contributed by atoms with Crippen molar-refractivity contribution in [1.29, 1.82) is 5.26 Å². The number of hydrogen-bond acceptors (Lipinski definition) is 5. The monoisotopic (exact) mass is 413 g/mol. The lowest BCUT2D eigenvalue weighted by molar-refractivity contribution is 0.357. The second kappa shape index (κ2) is 8.36. The lowest BCUT2D eigenvalue weighted by Gasteiger charge is -2.28. The smallest absolute Gasteiger partial charge is 0.205 e. The van der Waals surface area contributed by atoms with E-state index in [1.807, 2.05) is 67.6 Å². The Hall–Kier alpha value is -3.69. The molecule has 0 unspecified atom stereocenters. The molecule has 30 heavy (non-hydrogen) atoms. The van der Waals surface area contributed by atoms with Crippen LogP contribution in [0.5, 0.6) is 0 Å². The molecule has 0 bridgehead atoms. The minimum atomic E-state index is -1.60. The van der Waals surface area contributed by atoms with Gasteiger partial charge in [-0.1, -0.05) is 54.1 Å². The van der Waals surface area contributed by atoms with Crippen LogP contribution < -0.4 is 5.73 Å². The van der Waals surface area contributed by atoms with E-state index < -0.39 is 16.7 Å². The van der Waals surface area contributed by atoms with Crippen molar-refractivity contribution in [1.82, 2.24) is 4.98 Å². The van der Waals surface area contributed by atoms with Crippen LogP contribution in [-0.2, 0) is 15.5 Å². The number of aryl methyl sites for hydroxylation is 1. The molecule has 2 aromatic carbocycles. The van der Waals surface area contributed by atoms with Gasteiger partial charge in [0.05, 0.1) is 21.6 Å². The van der Waals surface area contributed by atoms with E-state index >= 15 is 0 Å². The molecule has 0 amide bonds. The van der Waals surface area contributed by atoms with E-state index in [2.05, 4.69) is 11.1 Å². The molecule has 6 heteroatoms. The van der Waals surface area contributed by atoms with Crippen LogP contribution in [0.1, 0.15) is 22.7 Å². The van der Waals surface area contributed by atoms with E-state index in [0.717, 1.165) is 11.1 Å². The van der Waals surface area contributed by atoms with Gasteiger partial charge in [0.1, 0.15) is 17.3 Å². The summed E-state index contributed by atoms with van der Waals surface area (Å²) in [5, 5.41) is 9.85. The molecule has 3 aromatic rings. The van der Waals surface area contributed by atoms with Crippen LogP contribution >= 0.6 is 0 Å². The fourth-order valence-corrected chi connectivity index (χ4v) is 4.78. The number of ether oxygens (including phenoxy) is 1. The molecule has 2 N–H and O–H groups in total. The second-order valence-electron chi connectivity index (χ2n) is 6.83. The maximum atomic E-state index is 13.8. The summed E-state index contributed by atoms with van der Waals surface area (Å²) in [5.74, 6) is -0.291. The summed E-state index contributed by atoms with van der Waals surface area (Å²) in [6, 6.07) is 24.4. The Balaban J connectivity index is 1.99.